The van der Waals surface area contributed by atoms with Crippen molar-refractivity contribution >= 4 is 5.97 Å². The summed E-state index contributed by atoms with van der Waals surface area (Å²) < 4.78 is 5.16. The van der Waals surface area contributed by atoms with Crippen LogP contribution in [0.15, 0.2) is 6.07 Å². The molecule has 0 bridgehead atoms. The molecule has 0 amide bonds. The number of ether oxygens (including phenoxy) is 1. The summed E-state index contributed by atoms with van der Waals surface area (Å²) >= 11 is 0. The van der Waals surface area contributed by atoms with Crippen LogP contribution in [-0.2, 0) is 10.2 Å². The lowest BCUT2D eigenvalue weighted by atomic mass is 9.76. The van der Waals surface area contributed by atoms with E-state index < -0.39 is 11.4 Å². The number of benzene rings is 1. The summed E-state index contributed by atoms with van der Waals surface area (Å²) in [4.78, 5) is 11.8. The van der Waals surface area contributed by atoms with E-state index in [2.05, 4.69) is 0 Å². The van der Waals surface area contributed by atoms with Crippen LogP contribution in [0.4, 0.5) is 0 Å². The monoisotopic (exact) mass is 264 g/mol. The van der Waals surface area contributed by atoms with Gasteiger partial charge in [-0.25, -0.2) is 0 Å². The van der Waals surface area contributed by atoms with Crippen LogP contribution in [-0.4, -0.2) is 23.3 Å². The molecule has 1 aromatic rings. The van der Waals surface area contributed by atoms with E-state index in [9.17, 15) is 15.0 Å². The molecule has 4 nitrogen and oxygen atoms in total. The van der Waals surface area contributed by atoms with Crippen molar-refractivity contribution in [3.8, 4) is 11.5 Å². The highest BCUT2D eigenvalue weighted by molar-refractivity contribution is 5.83. The zero-order chi connectivity index (χ0) is 14.2. The molecule has 0 aliphatic heterocycles. The molecule has 104 valence electrons. The van der Waals surface area contributed by atoms with Crippen LogP contribution in [0.3, 0.4) is 0 Å². The van der Waals surface area contributed by atoms with E-state index in [0.717, 1.165) is 24.0 Å². The number of hydrogen-bond donors (Lipinski definition) is 2. The molecule has 1 aromatic carbocycles. The van der Waals surface area contributed by atoms with Crippen LogP contribution >= 0.6 is 0 Å². The van der Waals surface area contributed by atoms with E-state index in [1.54, 1.807) is 13.0 Å². The van der Waals surface area contributed by atoms with Gasteiger partial charge in [-0.2, -0.15) is 0 Å². The average molecular weight is 264 g/mol. The minimum absolute atomic E-state index is 0.0993. The van der Waals surface area contributed by atoms with Gasteiger partial charge in [0.1, 0.15) is 0 Å². The number of carboxylic acids is 1. The standard InChI is InChI=1S/C15H20O4/c1-9-10(2)13(16)12(19-3)8-11(9)15(14(17)18)6-4-5-7-15/h8,16H,4-7H2,1-3H3,(H,17,18). The van der Waals surface area contributed by atoms with Gasteiger partial charge in [0, 0.05) is 0 Å². The number of carboxylic acid groups (broad SMARTS) is 1. The molecular formula is C15H20O4. The molecule has 19 heavy (non-hydrogen) atoms. The third kappa shape index (κ3) is 1.95. The van der Waals surface area contributed by atoms with Gasteiger partial charge in [0.25, 0.3) is 0 Å². The van der Waals surface area contributed by atoms with Crippen molar-refractivity contribution in [1.82, 2.24) is 0 Å². The van der Waals surface area contributed by atoms with Gasteiger partial charge in [-0.3, -0.25) is 4.79 Å². The summed E-state index contributed by atoms with van der Waals surface area (Å²) in [5.74, 6) is -0.326. The Labute approximate surface area is 113 Å². The lowest BCUT2D eigenvalue weighted by molar-refractivity contribution is -0.143. The summed E-state index contributed by atoms with van der Waals surface area (Å²) in [5.41, 5.74) is 1.50. The molecule has 0 spiro atoms. The van der Waals surface area contributed by atoms with Crippen LogP contribution in [0.25, 0.3) is 0 Å². The number of aromatic hydroxyl groups is 1. The van der Waals surface area contributed by atoms with Gasteiger partial charge in [-0.1, -0.05) is 12.8 Å². The van der Waals surface area contributed by atoms with Gasteiger partial charge in [-0.05, 0) is 49.4 Å². The lowest BCUT2D eigenvalue weighted by Crippen LogP contribution is -2.33. The highest BCUT2D eigenvalue weighted by Crippen LogP contribution is 2.46. The molecule has 0 heterocycles. The Bertz CT molecular complexity index is 513. The fourth-order valence-electron chi connectivity index (χ4n) is 3.10. The molecule has 1 aliphatic carbocycles. The highest BCUT2D eigenvalue weighted by atomic mass is 16.5. The molecule has 0 unspecified atom stereocenters. The maximum absolute atomic E-state index is 11.8. The fraction of sp³-hybridized carbons (Fsp3) is 0.533. The van der Waals surface area contributed by atoms with Gasteiger partial charge in [0.2, 0.25) is 0 Å². The molecule has 4 heteroatoms. The molecule has 0 aromatic heterocycles. The second-order valence-electron chi connectivity index (χ2n) is 5.32. The minimum atomic E-state index is -0.824. The predicted octanol–water partition coefficient (Wildman–Crippen LogP) is 2.91. The fourth-order valence-corrected chi connectivity index (χ4v) is 3.10. The number of phenols is 1. The Hall–Kier alpha value is -1.71. The van der Waals surface area contributed by atoms with Crippen LogP contribution in [0.1, 0.15) is 42.4 Å². The van der Waals surface area contributed by atoms with Gasteiger partial charge in [0.05, 0.1) is 12.5 Å². The first-order valence-corrected chi connectivity index (χ1v) is 6.55. The van der Waals surface area contributed by atoms with Crippen molar-refractivity contribution in [1.29, 1.82) is 0 Å². The van der Waals surface area contributed by atoms with Crippen molar-refractivity contribution in [2.75, 3.05) is 7.11 Å². The predicted molar refractivity (Wildman–Crippen MR) is 71.9 cm³/mol. The molecule has 2 rings (SSSR count). The molecule has 1 fully saturated rings. The number of rotatable bonds is 3. The largest absolute Gasteiger partial charge is 0.504 e. The summed E-state index contributed by atoms with van der Waals surface area (Å²) in [6, 6.07) is 1.69. The van der Waals surface area contributed by atoms with E-state index in [0.29, 0.717) is 24.2 Å². The van der Waals surface area contributed by atoms with Crippen molar-refractivity contribution < 1.29 is 19.7 Å². The smallest absolute Gasteiger partial charge is 0.314 e. The van der Waals surface area contributed by atoms with Crippen LogP contribution in [0.2, 0.25) is 0 Å². The Morgan fingerprint density at radius 2 is 1.84 bits per heavy atom. The molecule has 1 saturated carbocycles. The first-order valence-electron chi connectivity index (χ1n) is 6.55. The van der Waals surface area contributed by atoms with Crippen molar-refractivity contribution in [2.24, 2.45) is 0 Å². The molecule has 0 radical (unpaired) electrons. The molecule has 1 aliphatic rings. The maximum atomic E-state index is 11.8. The van der Waals surface area contributed by atoms with Crippen molar-refractivity contribution in [2.45, 2.75) is 44.9 Å². The number of phenolic OH excluding ortho intramolecular Hbond substituents is 1. The van der Waals surface area contributed by atoms with E-state index >= 15 is 0 Å². The van der Waals surface area contributed by atoms with Crippen LogP contribution in [0, 0.1) is 13.8 Å². The zero-order valence-electron chi connectivity index (χ0n) is 11.6. The van der Waals surface area contributed by atoms with Gasteiger partial charge in [0.15, 0.2) is 11.5 Å². The summed E-state index contributed by atoms with van der Waals surface area (Å²) in [7, 11) is 1.48. The van der Waals surface area contributed by atoms with E-state index in [-0.39, 0.29) is 5.75 Å². The van der Waals surface area contributed by atoms with Crippen LogP contribution < -0.4 is 4.74 Å². The Balaban J connectivity index is 2.67. The van der Waals surface area contributed by atoms with Crippen LogP contribution in [0.5, 0.6) is 11.5 Å². The lowest BCUT2D eigenvalue weighted by Gasteiger charge is -2.28. The first-order chi connectivity index (χ1) is 8.94. The Morgan fingerprint density at radius 1 is 1.26 bits per heavy atom. The molecular weight excluding hydrogens is 244 g/mol. The third-order valence-electron chi connectivity index (χ3n) is 4.43. The number of carbonyl (C=O) groups is 1. The Kier molecular flexibility index (Phi) is 3.43. The normalized spacial score (nSPS) is 17.4. The van der Waals surface area contributed by atoms with Crippen molar-refractivity contribution in [3.63, 3.8) is 0 Å². The summed E-state index contributed by atoms with van der Waals surface area (Å²) in [6.07, 6.45) is 3.15. The second kappa shape index (κ2) is 4.76. The number of aliphatic carboxylic acids is 1. The number of hydrogen-bond acceptors (Lipinski definition) is 3. The third-order valence-corrected chi connectivity index (χ3v) is 4.43. The minimum Gasteiger partial charge on any atom is -0.504 e. The molecule has 0 saturated heterocycles. The van der Waals surface area contributed by atoms with E-state index in [4.69, 9.17) is 4.74 Å². The zero-order valence-corrected chi connectivity index (χ0v) is 11.6. The molecule has 2 N–H and O–H groups in total. The van der Waals surface area contributed by atoms with Gasteiger partial charge in [-0.15, -0.1) is 0 Å². The first kappa shape index (κ1) is 13.7. The quantitative estimate of drug-likeness (QED) is 0.881. The molecule has 0 atom stereocenters. The topological polar surface area (TPSA) is 66.8 Å². The second-order valence-corrected chi connectivity index (χ2v) is 5.32. The van der Waals surface area contributed by atoms with Gasteiger partial charge < -0.3 is 14.9 Å². The summed E-state index contributed by atoms with van der Waals surface area (Å²) in [5, 5.41) is 19.7. The number of methoxy groups -OCH3 is 1. The van der Waals surface area contributed by atoms with Crippen molar-refractivity contribution in [3.05, 3.63) is 22.8 Å². The maximum Gasteiger partial charge on any atom is 0.314 e. The Morgan fingerprint density at radius 3 is 2.32 bits per heavy atom. The average Bonchev–Trinajstić information content (AvgIpc) is 2.87. The van der Waals surface area contributed by atoms with Gasteiger partial charge >= 0.3 is 5.97 Å². The highest BCUT2D eigenvalue weighted by Gasteiger charge is 2.44. The summed E-state index contributed by atoms with van der Waals surface area (Å²) in [6.45, 7) is 3.66. The van der Waals surface area contributed by atoms with E-state index in [1.807, 2.05) is 6.92 Å². The SMILES string of the molecule is COc1cc(C2(C(=O)O)CCCC2)c(C)c(C)c1O. The van der Waals surface area contributed by atoms with E-state index in [1.165, 1.54) is 7.11 Å².